The molecule has 0 fully saturated rings. The highest BCUT2D eigenvalue weighted by atomic mass is 16.5. The fourth-order valence-corrected chi connectivity index (χ4v) is 5.39. The van der Waals surface area contributed by atoms with E-state index < -0.39 is 0 Å². The summed E-state index contributed by atoms with van der Waals surface area (Å²) < 4.78 is 10.8. The summed E-state index contributed by atoms with van der Waals surface area (Å²) in [5.74, 6) is 1.65. The van der Waals surface area contributed by atoms with Gasteiger partial charge in [-0.15, -0.1) is 29.4 Å². The lowest BCUT2D eigenvalue weighted by Crippen LogP contribution is -2.25. The van der Waals surface area contributed by atoms with Crippen molar-refractivity contribution in [2.75, 3.05) is 25.7 Å². The van der Waals surface area contributed by atoms with Crippen molar-refractivity contribution in [1.29, 1.82) is 0 Å². The summed E-state index contributed by atoms with van der Waals surface area (Å²) in [6.45, 7) is 2.47. The van der Waals surface area contributed by atoms with Crippen LogP contribution >= 0.6 is 0 Å². The molecule has 0 saturated carbocycles. The Bertz CT molecular complexity index is 1680. The van der Waals surface area contributed by atoms with E-state index in [0.29, 0.717) is 0 Å². The maximum absolute atomic E-state index is 5.40. The first-order valence-corrected chi connectivity index (χ1v) is 14.5. The Labute approximate surface area is 253 Å². The van der Waals surface area contributed by atoms with E-state index in [2.05, 4.69) is 111 Å². The first kappa shape index (κ1) is 28.1. The van der Waals surface area contributed by atoms with Crippen molar-refractivity contribution in [1.82, 2.24) is 14.9 Å². The van der Waals surface area contributed by atoms with Crippen LogP contribution in [0.3, 0.4) is 0 Å². The van der Waals surface area contributed by atoms with E-state index in [0.717, 1.165) is 65.8 Å². The molecule has 0 aliphatic carbocycles. The van der Waals surface area contributed by atoms with E-state index in [4.69, 9.17) is 9.47 Å². The summed E-state index contributed by atoms with van der Waals surface area (Å²) in [6.07, 6.45) is 6.14. The summed E-state index contributed by atoms with van der Waals surface area (Å²) in [7, 11) is 3.37. The van der Waals surface area contributed by atoms with Crippen molar-refractivity contribution >= 4 is 28.0 Å². The standard InChI is InChI=1S/C37H35N4O2/c1-42-34-18-14-32(15-19-34)41(33-16-20-35(43-2)21-17-33)31-12-10-28(11-13-31)26-40(27-30-7-5-6-23-38-30)24-22-29-25-39-37-9-4-3-8-36(29)37/h3-21,23,39H,22,24,26-27H2,1-2H3/q-1. The van der Waals surface area contributed by atoms with Gasteiger partial charge in [0.25, 0.3) is 0 Å². The van der Waals surface area contributed by atoms with Gasteiger partial charge < -0.3 is 19.4 Å². The summed E-state index contributed by atoms with van der Waals surface area (Å²) >= 11 is 0. The number of benzene rings is 4. The Kier molecular flexibility index (Phi) is 8.66. The molecule has 6 nitrogen and oxygen atoms in total. The Balaban J connectivity index is 1.24. The molecule has 0 aliphatic rings. The van der Waals surface area contributed by atoms with Crippen LogP contribution in [0.2, 0.25) is 0 Å². The quantitative estimate of drug-likeness (QED) is 0.152. The first-order chi connectivity index (χ1) is 21.2. The van der Waals surface area contributed by atoms with Crippen LogP contribution in [-0.2, 0) is 19.5 Å². The second-order valence-corrected chi connectivity index (χ2v) is 10.5. The Morgan fingerprint density at radius 1 is 0.674 bits per heavy atom. The second-order valence-electron chi connectivity index (χ2n) is 10.5. The maximum Gasteiger partial charge on any atom is 0.119 e. The SMILES string of the molecule is COc1ccc(N(c2ccc(CN(CCc3[c-][nH]c4ccccc34)Cc3ccccn3)cc2)c2ccc(OC)cc2)cc1. The fraction of sp³-hybridized carbons (Fsp3) is 0.162. The highest BCUT2D eigenvalue weighted by Crippen LogP contribution is 2.36. The number of pyridine rings is 1. The lowest BCUT2D eigenvalue weighted by atomic mass is 10.1. The van der Waals surface area contributed by atoms with Gasteiger partial charge in [0.15, 0.2) is 0 Å². The third kappa shape index (κ3) is 6.71. The average molecular weight is 568 g/mol. The molecule has 0 atom stereocenters. The van der Waals surface area contributed by atoms with E-state index in [-0.39, 0.29) is 0 Å². The number of hydrogen-bond acceptors (Lipinski definition) is 5. The molecule has 0 aliphatic heterocycles. The number of methoxy groups -OCH3 is 2. The molecule has 6 heteroatoms. The average Bonchev–Trinajstić information content (AvgIpc) is 3.49. The number of rotatable bonds is 12. The van der Waals surface area contributed by atoms with Gasteiger partial charge in [-0.1, -0.05) is 30.3 Å². The highest BCUT2D eigenvalue weighted by molar-refractivity contribution is 5.82. The lowest BCUT2D eigenvalue weighted by Gasteiger charge is -2.27. The number of aromatic amines is 1. The van der Waals surface area contributed by atoms with Crippen LogP contribution in [0.5, 0.6) is 11.5 Å². The van der Waals surface area contributed by atoms with Crippen molar-refractivity contribution in [3.8, 4) is 11.5 Å². The topological polar surface area (TPSA) is 53.6 Å². The first-order valence-electron chi connectivity index (χ1n) is 14.5. The Morgan fingerprint density at radius 3 is 1.88 bits per heavy atom. The van der Waals surface area contributed by atoms with Gasteiger partial charge in [-0.25, -0.2) is 0 Å². The third-order valence-electron chi connectivity index (χ3n) is 7.65. The van der Waals surface area contributed by atoms with E-state index in [1.807, 2.05) is 36.5 Å². The Hall–Kier alpha value is -5.07. The molecule has 216 valence electrons. The van der Waals surface area contributed by atoms with Crippen LogP contribution in [0.1, 0.15) is 16.8 Å². The minimum absolute atomic E-state index is 0.773. The molecule has 2 aromatic heterocycles. The number of para-hydroxylation sites is 1. The molecule has 43 heavy (non-hydrogen) atoms. The third-order valence-corrected chi connectivity index (χ3v) is 7.65. The van der Waals surface area contributed by atoms with E-state index in [1.165, 1.54) is 16.5 Å². The molecule has 6 rings (SSSR count). The van der Waals surface area contributed by atoms with Gasteiger partial charge in [0.05, 0.1) is 19.9 Å². The highest BCUT2D eigenvalue weighted by Gasteiger charge is 2.14. The van der Waals surface area contributed by atoms with Gasteiger partial charge in [-0.05, 0) is 84.8 Å². The van der Waals surface area contributed by atoms with Gasteiger partial charge in [0.2, 0.25) is 0 Å². The predicted octanol–water partition coefficient (Wildman–Crippen LogP) is 8.09. The van der Waals surface area contributed by atoms with E-state index in [1.54, 1.807) is 14.2 Å². The smallest absolute Gasteiger partial charge is 0.119 e. The summed E-state index contributed by atoms with van der Waals surface area (Å²) in [5.41, 5.74) is 7.81. The van der Waals surface area contributed by atoms with Crippen molar-refractivity contribution in [3.63, 3.8) is 0 Å². The number of aromatic nitrogens is 2. The molecular formula is C37H35N4O2-. The number of nitrogens with zero attached hydrogens (tertiary/aromatic N) is 3. The monoisotopic (exact) mass is 567 g/mol. The summed E-state index contributed by atoms with van der Waals surface area (Å²) in [6, 6.07) is 39.6. The van der Waals surface area contributed by atoms with Crippen LogP contribution in [0.15, 0.2) is 121 Å². The van der Waals surface area contributed by atoms with Crippen LogP contribution < -0.4 is 14.4 Å². The van der Waals surface area contributed by atoms with Crippen molar-refractivity contribution in [2.45, 2.75) is 19.5 Å². The molecule has 0 bridgehead atoms. The van der Waals surface area contributed by atoms with Crippen LogP contribution in [-0.4, -0.2) is 35.6 Å². The molecule has 0 saturated heterocycles. The maximum atomic E-state index is 5.40. The second kappa shape index (κ2) is 13.3. The zero-order chi connectivity index (χ0) is 29.4. The van der Waals surface area contributed by atoms with Crippen molar-refractivity contribution in [2.24, 2.45) is 0 Å². The molecule has 2 heterocycles. The largest absolute Gasteiger partial charge is 0.497 e. The van der Waals surface area contributed by atoms with Gasteiger partial charge in [-0.2, -0.15) is 5.39 Å². The number of fused-ring (bicyclic) bond motifs is 1. The van der Waals surface area contributed by atoms with Crippen LogP contribution in [0, 0.1) is 6.20 Å². The summed E-state index contributed by atoms with van der Waals surface area (Å²) in [4.78, 5) is 12.6. The van der Waals surface area contributed by atoms with Crippen LogP contribution in [0.4, 0.5) is 17.1 Å². The van der Waals surface area contributed by atoms with Crippen molar-refractivity contribution < 1.29 is 9.47 Å². The number of hydrogen-bond donors (Lipinski definition) is 1. The summed E-state index contributed by atoms with van der Waals surface area (Å²) in [5, 5.41) is 1.24. The molecule has 0 spiro atoms. The molecule has 0 unspecified atom stereocenters. The Morgan fingerprint density at radius 2 is 1.28 bits per heavy atom. The van der Waals surface area contributed by atoms with E-state index in [9.17, 15) is 0 Å². The van der Waals surface area contributed by atoms with E-state index >= 15 is 0 Å². The number of anilines is 3. The number of nitrogens with one attached hydrogen (secondary N) is 1. The predicted molar refractivity (Wildman–Crippen MR) is 173 cm³/mol. The zero-order valence-corrected chi connectivity index (χ0v) is 24.5. The number of ether oxygens (including phenoxy) is 2. The zero-order valence-electron chi connectivity index (χ0n) is 24.5. The molecule has 0 radical (unpaired) electrons. The van der Waals surface area contributed by atoms with Gasteiger partial charge >= 0.3 is 0 Å². The van der Waals surface area contributed by atoms with Gasteiger partial charge in [0, 0.05) is 42.9 Å². The van der Waals surface area contributed by atoms with Gasteiger partial charge in [0.1, 0.15) is 11.5 Å². The van der Waals surface area contributed by atoms with Crippen LogP contribution in [0.25, 0.3) is 10.9 Å². The van der Waals surface area contributed by atoms with Crippen molar-refractivity contribution in [3.05, 3.63) is 144 Å². The molecule has 6 aromatic rings. The molecule has 4 aromatic carbocycles. The molecule has 0 amide bonds. The lowest BCUT2D eigenvalue weighted by molar-refractivity contribution is 0.257. The fourth-order valence-electron chi connectivity index (χ4n) is 5.39. The minimum atomic E-state index is 0.773. The molecular weight excluding hydrogens is 532 g/mol. The number of H-pyrrole nitrogens is 1. The normalized spacial score (nSPS) is 11.1. The molecule has 1 N–H and O–H groups in total. The van der Waals surface area contributed by atoms with Gasteiger partial charge in [-0.3, -0.25) is 9.88 Å². The minimum Gasteiger partial charge on any atom is -0.497 e.